The van der Waals surface area contributed by atoms with E-state index in [1.807, 2.05) is 0 Å². The molecule has 7 heteroatoms. The second-order valence-corrected chi connectivity index (χ2v) is 4.70. The van der Waals surface area contributed by atoms with Crippen LogP contribution in [0.1, 0.15) is 11.4 Å². The zero-order chi connectivity index (χ0) is 14.0. The molecular weight excluding hydrogens is 314 g/mol. The minimum atomic E-state index is -0.426. The second kappa shape index (κ2) is 5.31. The standard InChI is InChI=1S/C12H10BrN3O3/c1-7-5-9(3-4-10(7)16(17)18)19-12-6-11(13)14-8(2)15-12/h3-6H,1-2H3. The van der Waals surface area contributed by atoms with Gasteiger partial charge in [0.1, 0.15) is 16.2 Å². The molecule has 0 aliphatic heterocycles. The van der Waals surface area contributed by atoms with Crippen molar-refractivity contribution in [2.45, 2.75) is 13.8 Å². The average molecular weight is 324 g/mol. The lowest BCUT2D eigenvalue weighted by molar-refractivity contribution is -0.385. The van der Waals surface area contributed by atoms with Gasteiger partial charge in [0.25, 0.3) is 5.69 Å². The van der Waals surface area contributed by atoms with Crippen molar-refractivity contribution in [1.82, 2.24) is 9.97 Å². The molecule has 1 aromatic carbocycles. The summed E-state index contributed by atoms with van der Waals surface area (Å²) in [5.41, 5.74) is 0.597. The highest BCUT2D eigenvalue weighted by molar-refractivity contribution is 9.10. The van der Waals surface area contributed by atoms with E-state index in [9.17, 15) is 10.1 Å². The fourth-order valence-electron chi connectivity index (χ4n) is 1.57. The van der Waals surface area contributed by atoms with Crippen LogP contribution in [-0.2, 0) is 0 Å². The van der Waals surface area contributed by atoms with Gasteiger partial charge in [0.05, 0.1) is 4.92 Å². The average Bonchev–Trinajstić information content (AvgIpc) is 2.26. The van der Waals surface area contributed by atoms with Crippen molar-refractivity contribution in [1.29, 1.82) is 0 Å². The van der Waals surface area contributed by atoms with E-state index in [-0.39, 0.29) is 5.69 Å². The molecule has 0 fully saturated rings. The molecule has 0 saturated heterocycles. The third-order valence-corrected chi connectivity index (χ3v) is 2.78. The van der Waals surface area contributed by atoms with Crippen LogP contribution < -0.4 is 4.74 Å². The Morgan fingerprint density at radius 1 is 1.26 bits per heavy atom. The Kier molecular flexibility index (Phi) is 3.75. The van der Waals surface area contributed by atoms with Crippen LogP contribution in [0, 0.1) is 24.0 Å². The van der Waals surface area contributed by atoms with Crippen LogP contribution >= 0.6 is 15.9 Å². The smallest absolute Gasteiger partial charge is 0.272 e. The Balaban J connectivity index is 2.28. The number of ether oxygens (including phenoxy) is 1. The third-order valence-electron chi connectivity index (χ3n) is 2.37. The number of hydrogen-bond donors (Lipinski definition) is 0. The second-order valence-electron chi connectivity index (χ2n) is 3.88. The normalized spacial score (nSPS) is 10.3. The van der Waals surface area contributed by atoms with Gasteiger partial charge in [-0.05, 0) is 41.9 Å². The van der Waals surface area contributed by atoms with Crippen molar-refractivity contribution in [3.8, 4) is 11.6 Å². The first kappa shape index (κ1) is 13.4. The van der Waals surface area contributed by atoms with E-state index in [2.05, 4.69) is 25.9 Å². The topological polar surface area (TPSA) is 78.2 Å². The van der Waals surface area contributed by atoms with Crippen LogP contribution in [0.4, 0.5) is 5.69 Å². The summed E-state index contributed by atoms with van der Waals surface area (Å²) < 4.78 is 6.17. The maximum atomic E-state index is 10.7. The highest BCUT2D eigenvalue weighted by atomic mass is 79.9. The summed E-state index contributed by atoms with van der Waals surface area (Å²) in [6.45, 7) is 3.41. The van der Waals surface area contributed by atoms with E-state index < -0.39 is 4.92 Å². The number of halogens is 1. The van der Waals surface area contributed by atoms with Crippen LogP contribution in [0.5, 0.6) is 11.6 Å². The van der Waals surface area contributed by atoms with Crippen molar-refractivity contribution in [3.63, 3.8) is 0 Å². The quantitative estimate of drug-likeness (QED) is 0.490. The lowest BCUT2D eigenvalue weighted by Crippen LogP contribution is -1.95. The van der Waals surface area contributed by atoms with E-state index in [0.29, 0.717) is 27.6 Å². The third kappa shape index (κ3) is 3.25. The van der Waals surface area contributed by atoms with Gasteiger partial charge in [-0.1, -0.05) is 0 Å². The number of aromatic nitrogens is 2. The molecule has 0 saturated carbocycles. The summed E-state index contributed by atoms with van der Waals surface area (Å²) in [5.74, 6) is 1.45. The van der Waals surface area contributed by atoms with Crippen LogP contribution in [-0.4, -0.2) is 14.9 Å². The molecule has 6 nitrogen and oxygen atoms in total. The highest BCUT2D eigenvalue weighted by Crippen LogP contribution is 2.27. The van der Waals surface area contributed by atoms with Gasteiger partial charge in [0.15, 0.2) is 0 Å². The largest absolute Gasteiger partial charge is 0.439 e. The zero-order valence-electron chi connectivity index (χ0n) is 10.3. The minimum Gasteiger partial charge on any atom is -0.439 e. The fraction of sp³-hybridized carbons (Fsp3) is 0.167. The Morgan fingerprint density at radius 2 is 2.00 bits per heavy atom. The summed E-state index contributed by atoms with van der Waals surface area (Å²) >= 11 is 3.25. The van der Waals surface area contributed by atoms with E-state index in [1.165, 1.54) is 12.1 Å². The summed E-state index contributed by atoms with van der Waals surface area (Å²) in [6.07, 6.45) is 0. The van der Waals surface area contributed by atoms with Crippen molar-refractivity contribution in [3.05, 3.63) is 50.4 Å². The van der Waals surface area contributed by atoms with Gasteiger partial charge in [0, 0.05) is 17.7 Å². The van der Waals surface area contributed by atoms with E-state index in [0.717, 1.165) is 0 Å². The van der Waals surface area contributed by atoms with Crippen molar-refractivity contribution < 1.29 is 9.66 Å². The summed E-state index contributed by atoms with van der Waals surface area (Å²) in [7, 11) is 0. The molecule has 0 spiro atoms. The van der Waals surface area contributed by atoms with E-state index >= 15 is 0 Å². The zero-order valence-corrected chi connectivity index (χ0v) is 11.8. The molecule has 0 amide bonds. The number of aryl methyl sites for hydroxylation is 2. The van der Waals surface area contributed by atoms with E-state index in [1.54, 1.807) is 26.0 Å². The lowest BCUT2D eigenvalue weighted by atomic mass is 10.2. The Morgan fingerprint density at radius 3 is 2.58 bits per heavy atom. The number of benzene rings is 1. The van der Waals surface area contributed by atoms with Gasteiger partial charge in [-0.25, -0.2) is 4.98 Å². The first-order valence-corrected chi connectivity index (χ1v) is 6.19. The molecule has 0 N–H and O–H groups in total. The SMILES string of the molecule is Cc1nc(Br)cc(Oc2ccc([N+](=O)[O-])c(C)c2)n1. The molecule has 98 valence electrons. The van der Waals surface area contributed by atoms with E-state index in [4.69, 9.17) is 4.74 Å². The predicted octanol–water partition coefficient (Wildman–Crippen LogP) is 3.56. The Bertz CT molecular complexity index is 626. The molecule has 1 aromatic heterocycles. The summed E-state index contributed by atoms with van der Waals surface area (Å²) in [6, 6.07) is 6.18. The number of hydrogen-bond acceptors (Lipinski definition) is 5. The first-order valence-electron chi connectivity index (χ1n) is 5.40. The number of nitrogens with zero attached hydrogens (tertiary/aromatic N) is 3. The number of nitro groups is 1. The predicted molar refractivity (Wildman–Crippen MR) is 72.4 cm³/mol. The van der Waals surface area contributed by atoms with Gasteiger partial charge in [-0.15, -0.1) is 0 Å². The van der Waals surface area contributed by atoms with Gasteiger partial charge in [0.2, 0.25) is 5.88 Å². The first-order chi connectivity index (χ1) is 8.95. The summed E-state index contributed by atoms with van der Waals surface area (Å²) in [5, 5.41) is 10.7. The molecule has 0 atom stereocenters. The molecule has 2 aromatic rings. The minimum absolute atomic E-state index is 0.0624. The molecule has 19 heavy (non-hydrogen) atoms. The monoisotopic (exact) mass is 323 g/mol. The lowest BCUT2D eigenvalue weighted by Gasteiger charge is -2.06. The van der Waals surface area contributed by atoms with Gasteiger partial charge in [-0.3, -0.25) is 10.1 Å². The van der Waals surface area contributed by atoms with Crippen molar-refractivity contribution in [2.24, 2.45) is 0 Å². The highest BCUT2D eigenvalue weighted by Gasteiger charge is 2.11. The summed E-state index contributed by atoms with van der Waals surface area (Å²) in [4.78, 5) is 18.5. The van der Waals surface area contributed by atoms with Crippen LogP contribution in [0.15, 0.2) is 28.9 Å². The molecule has 1 heterocycles. The number of nitro benzene ring substituents is 1. The Hall–Kier alpha value is -2.02. The van der Waals surface area contributed by atoms with Gasteiger partial charge >= 0.3 is 0 Å². The maximum absolute atomic E-state index is 10.7. The van der Waals surface area contributed by atoms with Crippen molar-refractivity contribution >= 4 is 21.6 Å². The van der Waals surface area contributed by atoms with Crippen molar-refractivity contribution in [2.75, 3.05) is 0 Å². The molecular formula is C12H10BrN3O3. The number of rotatable bonds is 3. The molecule has 0 bridgehead atoms. The molecule has 0 aliphatic rings. The fourth-order valence-corrected chi connectivity index (χ4v) is 2.03. The molecule has 2 rings (SSSR count). The molecule has 0 aliphatic carbocycles. The van der Waals surface area contributed by atoms with Crippen LogP contribution in [0.3, 0.4) is 0 Å². The van der Waals surface area contributed by atoms with Gasteiger partial charge < -0.3 is 4.74 Å². The Labute approximate surface area is 117 Å². The maximum Gasteiger partial charge on any atom is 0.272 e. The van der Waals surface area contributed by atoms with Gasteiger partial charge in [-0.2, -0.15) is 4.98 Å². The molecule has 0 unspecified atom stereocenters. The van der Waals surface area contributed by atoms with Crippen LogP contribution in [0.25, 0.3) is 0 Å². The van der Waals surface area contributed by atoms with Crippen LogP contribution in [0.2, 0.25) is 0 Å². The molecule has 0 radical (unpaired) electrons.